The molecule has 0 aliphatic rings. The highest BCUT2D eigenvalue weighted by Gasteiger charge is 2.52. The Labute approximate surface area is 93.4 Å². The van der Waals surface area contributed by atoms with Gasteiger partial charge in [0, 0.05) is 0 Å². The smallest absolute Gasteiger partial charge is 0.324 e. The Hall–Kier alpha value is 0.150. The summed E-state index contributed by atoms with van der Waals surface area (Å²) < 4.78 is 11.7. The van der Waals surface area contributed by atoms with E-state index in [1.54, 1.807) is 6.92 Å². The van der Waals surface area contributed by atoms with Gasteiger partial charge in [-0.15, -0.1) is 0 Å². The van der Waals surface area contributed by atoms with Crippen molar-refractivity contribution in [3.63, 3.8) is 0 Å². The minimum Gasteiger partial charge on any atom is -0.324 e. The van der Waals surface area contributed by atoms with Gasteiger partial charge in [0.15, 0.2) is 0 Å². The molecule has 4 heteroatoms. The number of rotatable bonds is 2. The van der Waals surface area contributed by atoms with Gasteiger partial charge in [-0.1, -0.05) is 41.5 Å². The van der Waals surface area contributed by atoms with Gasteiger partial charge >= 0.3 is 7.60 Å². The van der Waals surface area contributed by atoms with E-state index >= 15 is 0 Å². The van der Waals surface area contributed by atoms with Gasteiger partial charge in [0.25, 0.3) is 0 Å². The minimum absolute atomic E-state index is 0.0941. The lowest BCUT2D eigenvalue weighted by Gasteiger charge is -2.45. The van der Waals surface area contributed by atoms with E-state index in [-0.39, 0.29) is 5.41 Å². The molecule has 1 atom stereocenters. The fourth-order valence-electron chi connectivity index (χ4n) is 1.84. The molecule has 92 valence electrons. The fraction of sp³-hybridized carbons (Fsp3) is 1.00. The van der Waals surface area contributed by atoms with E-state index in [1.807, 2.05) is 41.5 Å². The van der Waals surface area contributed by atoms with Crippen LogP contribution in [0, 0.1) is 10.8 Å². The number of hydrogen-bond donors (Lipinski definition) is 2. The second kappa shape index (κ2) is 3.87. The van der Waals surface area contributed by atoms with Crippen molar-refractivity contribution < 1.29 is 14.4 Å². The highest BCUT2D eigenvalue weighted by atomic mass is 31.2. The highest BCUT2D eigenvalue weighted by Crippen LogP contribution is 2.62. The summed E-state index contributed by atoms with van der Waals surface area (Å²) in [5, 5.41) is -0.974. The number of hydrogen-bond acceptors (Lipinski definition) is 1. The molecule has 0 rings (SSSR count). The molecule has 0 heterocycles. The first-order chi connectivity index (χ1) is 6.21. The molecule has 0 fully saturated rings. The predicted octanol–water partition coefficient (Wildman–Crippen LogP) is 3.41. The molecule has 0 aromatic rings. The van der Waals surface area contributed by atoms with Crippen LogP contribution in [0.3, 0.4) is 0 Å². The Balaban J connectivity index is 5.36. The van der Waals surface area contributed by atoms with E-state index < -0.39 is 18.2 Å². The van der Waals surface area contributed by atoms with Gasteiger partial charge in [-0.3, -0.25) is 4.57 Å². The van der Waals surface area contributed by atoms with Crippen LogP contribution in [0.25, 0.3) is 0 Å². The standard InChI is InChI=1S/C11H25O3P/c1-9(2,3)8-11(7,10(4,5)6)15(12,13)14/h8H2,1-7H3,(H2,12,13,14). The Bertz CT molecular complexity index is 267. The van der Waals surface area contributed by atoms with E-state index in [0.717, 1.165) is 0 Å². The lowest BCUT2D eigenvalue weighted by Crippen LogP contribution is -2.42. The molecule has 0 amide bonds. The van der Waals surface area contributed by atoms with Crippen LogP contribution in [0.5, 0.6) is 0 Å². The van der Waals surface area contributed by atoms with Crippen LogP contribution in [-0.2, 0) is 4.57 Å². The third kappa shape index (κ3) is 3.58. The van der Waals surface area contributed by atoms with Gasteiger partial charge in [0.05, 0.1) is 5.16 Å². The second-order valence-corrected chi connectivity index (χ2v) is 8.88. The normalized spacial score (nSPS) is 18.7. The average molecular weight is 236 g/mol. The first kappa shape index (κ1) is 15.2. The van der Waals surface area contributed by atoms with Crippen LogP contribution < -0.4 is 0 Å². The lowest BCUT2D eigenvalue weighted by atomic mass is 9.72. The summed E-state index contributed by atoms with van der Waals surface area (Å²) in [5.74, 6) is 0. The Kier molecular flexibility index (Phi) is 3.91. The maximum Gasteiger partial charge on any atom is 0.331 e. The first-order valence-electron chi connectivity index (χ1n) is 5.26. The van der Waals surface area contributed by atoms with E-state index in [0.29, 0.717) is 6.42 Å². The van der Waals surface area contributed by atoms with Crippen LogP contribution in [0.4, 0.5) is 0 Å². The molecule has 0 aromatic carbocycles. The Morgan fingerprint density at radius 1 is 0.933 bits per heavy atom. The summed E-state index contributed by atoms with van der Waals surface area (Å²) in [4.78, 5) is 19.1. The largest absolute Gasteiger partial charge is 0.331 e. The monoisotopic (exact) mass is 236 g/mol. The average Bonchev–Trinajstić information content (AvgIpc) is 1.77. The van der Waals surface area contributed by atoms with Crippen LogP contribution in [0.15, 0.2) is 0 Å². The van der Waals surface area contributed by atoms with E-state index in [9.17, 15) is 14.4 Å². The van der Waals surface area contributed by atoms with Gasteiger partial charge < -0.3 is 9.79 Å². The molecule has 0 saturated carbocycles. The Morgan fingerprint density at radius 2 is 1.27 bits per heavy atom. The first-order valence-corrected chi connectivity index (χ1v) is 6.88. The summed E-state index contributed by atoms with van der Waals surface area (Å²) in [6, 6.07) is 0. The molecule has 0 saturated heterocycles. The maximum absolute atomic E-state index is 11.7. The molecule has 0 bridgehead atoms. The van der Waals surface area contributed by atoms with Crippen molar-refractivity contribution in [2.45, 2.75) is 60.0 Å². The zero-order valence-corrected chi connectivity index (χ0v) is 11.9. The van der Waals surface area contributed by atoms with Crippen LogP contribution >= 0.6 is 7.60 Å². The minimum atomic E-state index is -4.11. The molecule has 15 heavy (non-hydrogen) atoms. The molecular formula is C11H25O3P. The fourth-order valence-corrected chi connectivity index (χ4v) is 3.39. The third-order valence-electron chi connectivity index (χ3n) is 3.13. The van der Waals surface area contributed by atoms with Gasteiger partial charge in [0.1, 0.15) is 0 Å². The zero-order valence-electron chi connectivity index (χ0n) is 11.0. The van der Waals surface area contributed by atoms with Crippen molar-refractivity contribution in [1.82, 2.24) is 0 Å². The maximum atomic E-state index is 11.7. The second-order valence-electron chi connectivity index (χ2n) is 6.81. The van der Waals surface area contributed by atoms with Crippen molar-refractivity contribution in [2.75, 3.05) is 0 Å². The summed E-state index contributed by atoms with van der Waals surface area (Å²) in [6.07, 6.45) is 0.508. The molecule has 0 radical (unpaired) electrons. The van der Waals surface area contributed by atoms with Gasteiger partial charge in [-0.2, -0.15) is 0 Å². The molecule has 2 N–H and O–H groups in total. The van der Waals surface area contributed by atoms with E-state index in [2.05, 4.69) is 0 Å². The quantitative estimate of drug-likeness (QED) is 0.722. The summed E-state index contributed by atoms with van der Waals surface area (Å²) >= 11 is 0. The molecule has 3 nitrogen and oxygen atoms in total. The third-order valence-corrected chi connectivity index (χ3v) is 5.25. The summed E-state index contributed by atoms with van der Waals surface area (Å²) in [5.41, 5.74) is -0.511. The van der Waals surface area contributed by atoms with Gasteiger partial charge in [-0.05, 0) is 24.2 Å². The van der Waals surface area contributed by atoms with Crippen LogP contribution in [-0.4, -0.2) is 14.9 Å². The molecule has 0 spiro atoms. The zero-order chi connectivity index (χ0) is 12.7. The SMILES string of the molecule is CC(C)(C)CC(C)(C(C)(C)C)P(=O)(O)O. The van der Waals surface area contributed by atoms with Crippen molar-refractivity contribution in [2.24, 2.45) is 10.8 Å². The van der Waals surface area contributed by atoms with Crippen molar-refractivity contribution in [3.8, 4) is 0 Å². The topological polar surface area (TPSA) is 57.5 Å². The summed E-state index contributed by atoms with van der Waals surface area (Å²) in [7, 11) is -4.11. The molecule has 0 aliphatic carbocycles. The summed E-state index contributed by atoms with van der Waals surface area (Å²) in [6.45, 7) is 13.4. The van der Waals surface area contributed by atoms with Gasteiger partial charge in [0.2, 0.25) is 0 Å². The van der Waals surface area contributed by atoms with E-state index in [1.165, 1.54) is 0 Å². The van der Waals surface area contributed by atoms with Crippen LogP contribution in [0.2, 0.25) is 0 Å². The van der Waals surface area contributed by atoms with Crippen LogP contribution in [0.1, 0.15) is 54.9 Å². The predicted molar refractivity (Wildman–Crippen MR) is 64.0 cm³/mol. The van der Waals surface area contributed by atoms with Crippen molar-refractivity contribution >= 4 is 7.60 Å². The highest BCUT2D eigenvalue weighted by molar-refractivity contribution is 7.53. The van der Waals surface area contributed by atoms with E-state index in [4.69, 9.17) is 0 Å². The molecular weight excluding hydrogens is 211 g/mol. The lowest BCUT2D eigenvalue weighted by molar-refractivity contribution is 0.167. The van der Waals surface area contributed by atoms with Gasteiger partial charge in [-0.25, -0.2) is 0 Å². The Morgan fingerprint density at radius 3 is 1.33 bits per heavy atom. The molecule has 1 unspecified atom stereocenters. The molecule has 0 aromatic heterocycles. The van der Waals surface area contributed by atoms with Crippen molar-refractivity contribution in [3.05, 3.63) is 0 Å². The molecule has 0 aliphatic heterocycles. The van der Waals surface area contributed by atoms with Crippen molar-refractivity contribution in [1.29, 1.82) is 0 Å².